The number of fused-ring (bicyclic) bond motifs is 2. The number of hydrogen-bond acceptors (Lipinski definition) is 3. The number of aromatic hydroxyl groups is 1. The summed E-state index contributed by atoms with van der Waals surface area (Å²) in [6.07, 6.45) is 1.87. The van der Waals surface area contributed by atoms with Crippen LogP contribution in [-0.4, -0.2) is 19.6 Å². The first-order valence-corrected chi connectivity index (χ1v) is 14.6. The molecule has 0 saturated carbocycles. The number of hydrogen-bond donors (Lipinski definition) is 1. The van der Waals surface area contributed by atoms with E-state index in [0.29, 0.717) is 0 Å². The van der Waals surface area contributed by atoms with Crippen molar-refractivity contribution in [1.82, 2.24) is 14.5 Å². The molecule has 6 rings (SSSR count). The van der Waals surface area contributed by atoms with Crippen LogP contribution in [0, 0.1) is 6.92 Å². The summed E-state index contributed by atoms with van der Waals surface area (Å²) in [6, 6.07) is 27.7. The Bertz CT molecular complexity index is 1980. The van der Waals surface area contributed by atoms with E-state index < -0.39 is 0 Å². The SMILES string of the molecule is Cc1cc(-c2cc(C(C)(C)C)cc3cccnc23)cc(-c2cccc3c2nc(-c2cc(C(C)(C)C)ccc2O)n3C)c1. The Balaban J connectivity index is 1.56. The minimum Gasteiger partial charge on any atom is -0.507 e. The van der Waals surface area contributed by atoms with Crippen LogP contribution in [0.5, 0.6) is 5.75 Å². The third-order valence-electron chi connectivity index (χ3n) is 8.29. The highest BCUT2D eigenvalue weighted by molar-refractivity contribution is 5.98. The van der Waals surface area contributed by atoms with E-state index in [4.69, 9.17) is 9.97 Å². The fourth-order valence-corrected chi connectivity index (χ4v) is 5.81. The van der Waals surface area contributed by atoms with Crippen molar-refractivity contribution in [1.29, 1.82) is 0 Å². The topological polar surface area (TPSA) is 50.9 Å². The summed E-state index contributed by atoms with van der Waals surface area (Å²) in [5.74, 6) is 0.987. The van der Waals surface area contributed by atoms with Gasteiger partial charge in [0.25, 0.3) is 0 Å². The van der Waals surface area contributed by atoms with Gasteiger partial charge in [0.05, 0.1) is 22.1 Å². The van der Waals surface area contributed by atoms with Gasteiger partial charge in [-0.3, -0.25) is 4.98 Å². The van der Waals surface area contributed by atoms with E-state index in [9.17, 15) is 5.11 Å². The molecule has 6 aromatic rings. The number of aryl methyl sites for hydroxylation is 2. The Labute approximate surface area is 248 Å². The second kappa shape index (κ2) is 9.84. The summed E-state index contributed by atoms with van der Waals surface area (Å²) in [5, 5.41) is 12.0. The van der Waals surface area contributed by atoms with Crippen molar-refractivity contribution in [3.63, 3.8) is 0 Å². The molecule has 0 spiro atoms. The maximum atomic E-state index is 10.9. The third-order valence-corrected chi connectivity index (χ3v) is 8.29. The van der Waals surface area contributed by atoms with Crippen LogP contribution in [-0.2, 0) is 17.9 Å². The lowest BCUT2D eigenvalue weighted by Crippen LogP contribution is -2.11. The summed E-state index contributed by atoms with van der Waals surface area (Å²) in [4.78, 5) is 9.97. The molecule has 4 nitrogen and oxygen atoms in total. The first-order valence-electron chi connectivity index (χ1n) is 14.6. The molecule has 0 bridgehead atoms. The maximum absolute atomic E-state index is 10.9. The first-order chi connectivity index (χ1) is 19.8. The van der Waals surface area contributed by atoms with Gasteiger partial charge in [0, 0.05) is 29.8 Å². The van der Waals surface area contributed by atoms with Crippen LogP contribution in [0.2, 0.25) is 0 Å². The zero-order chi connectivity index (χ0) is 30.0. The van der Waals surface area contributed by atoms with E-state index in [1.54, 1.807) is 6.07 Å². The molecule has 0 aliphatic rings. The molecule has 0 unspecified atom stereocenters. The number of phenolic OH excluding ortho intramolecular Hbond substituents is 1. The fourth-order valence-electron chi connectivity index (χ4n) is 5.81. The van der Waals surface area contributed by atoms with Gasteiger partial charge < -0.3 is 9.67 Å². The Hall–Kier alpha value is -4.44. The molecule has 4 aromatic carbocycles. The molecular weight excluding hydrogens is 514 g/mol. The molecule has 0 radical (unpaired) electrons. The third kappa shape index (κ3) is 4.85. The van der Waals surface area contributed by atoms with Crippen LogP contribution >= 0.6 is 0 Å². The largest absolute Gasteiger partial charge is 0.507 e. The lowest BCUT2D eigenvalue weighted by molar-refractivity contribution is 0.475. The van der Waals surface area contributed by atoms with Gasteiger partial charge >= 0.3 is 0 Å². The fraction of sp³-hybridized carbons (Fsp3) is 0.263. The summed E-state index contributed by atoms with van der Waals surface area (Å²) >= 11 is 0. The van der Waals surface area contributed by atoms with E-state index in [-0.39, 0.29) is 16.6 Å². The van der Waals surface area contributed by atoms with Crippen molar-refractivity contribution < 1.29 is 5.11 Å². The molecule has 2 heterocycles. The number of phenols is 1. The van der Waals surface area contributed by atoms with Crippen molar-refractivity contribution in [2.75, 3.05) is 0 Å². The van der Waals surface area contributed by atoms with E-state index >= 15 is 0 Å². The molecule has 0 amide bonds. The standard InChI is InChI=1S/C38H39N3O/c1-23-17-25(19-26(18-23)30-22-28(38(5,6)7)20-24-11-10-16-39-34(24)30)29-12-9-13-32-35(29)40-36(41(32)8)31-21-27(37(2,3)4)14-15-33(31)42/h9-22,42H,1-8H3. The summed E-state index contributed by atoms with van der Waals surface area (Å²) in [7, 11) is 2.02. The Morgan fingerprint density at radius 1 is 0.667 bits per heavy atom. The van der Waals surface area contributed by atoms with Crippen LogP contribution < -0.4 is 0 Å². The number of aromatic nitrogens is 3. The summed E-state index contributed by atoms with van der Waals surface area (Å²) in [6.45, 7) is 15.5. The lowest BCUT2D eigenvalue weighted by atomic mass is 9.83. The van der Waals surface area contributed by atoms with E-state index in [1.165, 1.54) is 11.1 Å². The smallest absolute Gasteiger partial charge is 0.144 e. The van der Waals surface area contributed by atoms with Gasteiger partial charge in [-0.05, 0) is 88.0 Å². The molecule has 0 atom stereocenters. The van der Waals surface area contributed by atoms with Gasteiger partial charge in [-0.25, -0.2) is 4.98 Å². The number of imidazole rings is 1. The number of pyridine rings is 1. The van der Waals surface area contributed by atoms with Gasteiger partial charge in [-0.15, -0.1) is 0 Å². The van der Waals surface area contributed by atoms with Crippen molar-refractivity contribution in [3.05, 3.63) is 102 Å². The molecule has 1 N–H and O–H groups in total. The van der Waals surface area contributed by atoms with Gasteiger partial charge in [-0.1, -0.05) is 77.9 Å². The van der Waals surface area contributed by atoms with Crippen LogP contribution in [0.25, 0.3) is 55.6 Å². The molecule has 2 aromatic heterocycles. The van der Waals surface area contributed by atoms with Crippen LogP contribution in [0.1, 0.15) is 58.2 Å². The van der Waals surface area contributed by atoms with E-state index in [2.05, 4.69) is 114 Å². The van der Waals surface area contributed by atoms with Gasteiger partial charge in [0.1, 0.15) is 11.6 Å². The molecule has 42 heavy (non-hydrogen) atoms. The van der Waals surface area contributed by atoms with Crippen molar-refractivity contribution in [2.45, 2.75) is 59.3 Å². The highest BCUT2D eigenvalue weighted by atomic mass is 16.3. The second-order valence-corrected chi connectivity index (χ2v) is 13.6. The van der Waals surface area contributed by atoms with Crippen LogP contribution in [0.3, 0.4) is 0 Å². The molecule has 0 saturated heterocycles. The maximum Gasteiger partial charge on any atom is 0.144 e. The summed E-state index contributed by atoms with van der Waals surface area (Å²) < 4.78 is 2.08. The lowest BCUT2D eigenvalue weighted by Gasteiger charge is -2.21. The second-order valence-electron chi connectivity index (χ2n) is 13.6. The van der Waals surface area contributed by atoms with E-state index in [0.717, 1.165) is 61.1 Å². The minimum atomic E-state index is -0.0422. The number of para-hydroxylation sites is 1. The normalized spacial score (nSPS) is 12.4. The number of nitrogens with zero attached hydrogens (tertiary/aromatic N) is 3. The molecule has 4 heteroatoms. The number of rotatable bonds is 3. The van der Waals surface area contributed by atoms with Crippen molar-refractivity contribution >= 4 is 21.9 Å². The van der Waals surface area contributed by atoms with Crippen LogP contribution in [0.15, 0.2) is 85.1 Å². The summed E-state index contributed by atoms with van der Waals surface area (Å²) in [5.41, 5.74) is 11.7. The highest BCUT2D eigenvalue weighted by Gasteiger charge is 2.21. The van der Waals surface area contributed by atoms with Crippen molar-refractivity contribution in [2.24, 2.45) is 7.05 Å². The molecule has 212 valence electrons. The van der Waals surface area contributed by atoms with Crippen LogP contribution in [0.4, 0.5) is 0 Å². The predicted octanol–water partition coefficient (Wildman–Crippen LogP) is 9.73. The monoisotopic (exact) mass is 553 g/mol. The zero-order valence-electron chi connectivity index (χ0n) is 25.9. The average Bonchev–Trinajstić information content (AvgIpc) is 3.27. The minimum absolute atomic E-state index is 0.0112. The van der Waals surface area contributed by atoms with Gasteiger partial charge in [0.15, 0.2) is 0 Å². The molecule has 0 aliphatic heterocycles. The van der Waals surface area contributed by atoms with Gasteiger partial charge in [0.2, 0.25) is 0 Å². The molecule has 0 fully saturated rings. The van der Waals surface area contributed by atoms with E-state index in [1.807, 2.05) is 25.4 Å². The Kier molecular flexibility index (Phi) is 6.49. The zero-order valence-corrected chi connectivity index (χ0v) is 25.9. The molecule has 0 aliphatic carbocycles. The van der Waals surface area contributed by atoms with Crippen molar-refractivity contribution in [3.8, 4) is 39.4 Å². The number of benzene rings is 4. The van der Waals surface area contributed by atoms with Gasteiger partial charge in [-0.2, -0.15) is 0 Å². The first kappa shape index (κ1) is 27.7. The predicted molar refractivity (Wildman–Crippen MR) is 176 cm³/mol. The average molecular weight is 554 g/mol. The molecular formula is C38H39N3O. The highest BCUT2D eigenvalue weighted by Crippen LogP contribution is 2.39. The Morgan fingerprint density at radius 2 is 1.36 bits per heavy atom. The quantitative estimate of drug-likeness (QED) is 0.237. The Morgan fingerprint density at radius 3 is 2.07 bits per heavy atom.